The van der Waals surface area contributed by atoms with Gasteiger partial charge >= 0.3 is 5.97 Å². The Hall–Kier alpha value is -2.36. The molecule has 2 rings (SSSR count). The maximum atomic E-state index is 13.9. The molecule has 0 atom stereocenters. The van der Waals surface area contributed by atoms with Crippen molar-refractivity contribution in [2.75, 3.05) is 14.2 Å². The summed E-state index contributed by atoms with van der Waals surface area (Å²) in [7, 11) is 2.80. The van der Waals surface area contributed by atoms with Crippen LogP contribution in [0.3, 0.4) is 0 Å². The smallest absolute Gasteiger partial charge is 0.337 e. The second-order valence-corrected chi connectivity index (χ2v) is 3.89. The van der Waals surface area contributed by atoms with Crippen molar-refractivity contribution in [1.29, 1.82) is 0 Å². The van der Waals surface area contributed by atoms with Gasteiger partial charge in [-0.25, -0.2) is 9.18 Å². The summed E-state index contributed by atoms with van der Waals surface area (Å²) >= 11 is 0. The zero-order chi connectivity index (χ0) is 13.8. The number of esters is 1. The summed E-state index contributed by atoms with van der Waals surface area (Å²) in [6, 6.07) is 11.1. The van der Waals surface area contributed by atoms with Gasteiger partial charge in [-0.15, -0.1) is 0 Å². The summed E-state index contributed by atoms with van der Waals surface area (Å²) < 4.78 is 23.8. The first-order chi connectivity index (χ1) is 9.17. The van der Waals surface area contributed by atoms with Gasteiger partial charge in [0.2, 0.25) is 0 Å². The maximum Gasteiger partial charge on any atom is 0.337 e. The van der Waals surface area contributed by atoms with Crippen LogP contribution in [0.25, 0.3) is 11.1 Å². The fourth-order valence-electron chi connectivity index (χ4n) is 1.84. The molecule has 19 heavy (non-hydrogen) atoms. The van der Waals surface area contributed by atoms with Crippen molar-refractivity contribution in [2.24, 2.45) is 0 Å². The Morgan fingerprint density at radius 3 is 2.47 bits per heavy atom. The molecule has 0 N–H and O–H groups in total. The second-order valence-electron chi connectivity index (χ2n) is 3.89. The van der Waals surface area contributed by atoms with Crippen LogP contribution in [0.15, 0.2) is 42.5 Å². The molecule has 0 fully saturated rings. The number of hydrogen-bond acceptors (Lipinski definition) is 3. The predicted molar refractivity (Wildman–Crippen MR) is 69.7 cm³/mol. The second kappa shape index (κ2) is 5.52. The van der Waals surface area contributed by atoms with Gasteiger partial charge in [0.15, 0.2) is 0 Å². The monoisotopic (exact) mass is 260 g/mol. The van der Waals surface area contributed by atoms with E-state index in [1.165, 1.54) is 32.4 Å². The lowest BCUT2D eigenvalue weighted by Crippen LogP contribution is -2.02. The van der Waals surface area contributed by atoms with E-state index in [0.29, 0.717) is 22.4 Å². The Morgan fingerprint density at radius 1 is 1.05 bits per heavy atom. The number of halogens is 1. The van der Waals surface area contributed by atoms with Gasteiger partial charge in [0, 0.05) is 11.1 Å². The summed E-state index contributed by atoms with van der Waals surface area (Å²) in [6.45, 7) is 0. The highest BCUT2D eigenvalue weighted by molar-refractivity contribution is 5.91. The van der Waals surface area contributed by atoms with Crippen LogP contribution in [0, 0.1) is 5.82 Å². The molecule has 2 aromatic carbocycles. The molecule has 0 aliphatic carbocycles. The van der Waals surface area contributed by atoms with E-state index >= 15 is 0 Å². The van der Waals surface area contributed by atoms with Gasteiger partial charge in [0.1, 0.15) is 11.6 Å². The molecule has 0 radical (unpaired) electrons. The van der Waals surface area contributed by atoms with Gasteiger partial charge in [-0.1, -0.05) is 18.2 Å². The molecule has 0 saturated heterocycles. The van der Waals surface area contributed by atoms with Crippen LogP contribution in [0.5, 0.6) is 5.75 Å². The highest BCUT2D eigenvalue weighted by atomic mass is 19.1. The minimum absolute atomic E-state index is 0.296. The Morgan fingerprint density at radius 2 is 1.79 bits per heavy atom. The lowest BCUT2D eigenvalue weighted by atomic mass is 10.0. The fraction of sp³-hybridized carbons (Fsp3) is 0.133. The molecular formula is C15H13FO3. The third-order valence-corrected chi connectivity index (χ3v) is 2.78. The fourth-order valence-corrected chi connectivity index (χ4v) is 1.84. The number of rotatable bonds is 3. The number of benzene rings is 2. The molecule has 2 aromatic rings. The average molecular weight is 260 g/mol. The predicted octanol–water partition coefficient (Wildman–Crippen LogP) is 3.29. The first-order valence-electron chi connectivity index (χ1n) is 5.68. The van der Waals surface area contributed by atoms with Crippen LogP contribution in [0.1, 0.15) is 10.4 Å². The molecule has 0 bridgehead atoms. The summed E-state index contributed by atoms with van der Waals surface area (Å²) in [4.78, 5) is 11.5. The lowest BCUT2D eigenvalue weighted by molar-refractivity contribution is 0.0600. The van der Waals surface area contributed by atoms with Crippen LogP contribution >= 0.6 is 0 Å². The number of ether oxygens (including phenoxy) is 2. The van der Waals surface area contributed by atoms with Crippen LogP contribution in [-0.4, -0.2) is 20.2 Å². The first-order valence-corrected chi connectivity index (χ1v) is 5.68. The zero-order valence-corrected chi connectivity index (χ0v) is 10.6. The van der Waals surface area contributed by atoms with E-state index in [0.717, 1.165) is 0 Å². The summed E-state index contributed by atoms with van der Waals surface area (Å²) in [6.07, 6.45) is 0. The van der Waals surface area contributed by atoms with Gasteiger partial charge < -0.3 is 9.47 Å². The van der Waals surface area contributed by atoms with Crippen LogP contribution < -0.4 is 4.74 Å². The number of carbonyl (C=O) groups is 1. The Kier molecular flexibility index (Phi) is 3.80. The molecule has 0 amide bonds. The van der Waals surface area contributed by atoms with E-state index in [2.05, 4.69) is 4.74 Å². The topological polar surface area (TPSA) is 35.5 Å². The minimum atomic E-state index is -0.504. The Bertz CT molecular complexity index is 608. The molecule has 0 aromatic heterocycles. The van der Waals surface area contributed by atoms with E-state index < -0.39 is 11.8 Å². The minimum Gasteiger partial charge on any atom is -0.496 e. The van der Waals surface area contributed by atoms with Crippen molar-refractivity contribution in [3.63, 3.8) is 0 Å². The van der Waals surface area contributed by atoms with Crippen molar-refractivity contribution < 1.29 is 18.7 Å². The highest BCUT2D eigenvalue weighted by Gasteiger charge is 2.14. The number of methoxy groups -OCH3 is 2. The standard InChI is InChI=1S/C15H13FO3/c1-18-14-6-4-3-5-11(14)12-9-10(15(17)19-2)7-8-13(12)16/h3-9H,1-2H3. The largest absolute Gasteiger partial charge is 0.496 e. The van der Waals surface area contributed by atoms with Crippen molar-refractivity contribution in [3.05, 3.63) is 53.8 Å². The number of carbonyl (C=O) groups excluding carboxylic acids is 1. The van der Waals surface area contributed by atoms with Crippen molar-refractivity contribution in [3.8, 4) is 16.9 Å². The molecule has 0 aliphatic heterocycles. The van der Waals surface area contributed by atoms with Crippen molar-refractivity contribution in [2.45, 2.75) is 0 Å². The Labute approximate surface area is 110 Å². The average Bonchev–Trinajstić information content (AvgIpc) is 2.47. The SMILES string of the molecule is COC(=O)c1ccc(F)c(-c2ccccc2OC)c1. The van der Waals surface area contributed by atoms with Gasteiger partial charge in [0.05, 0.1) is 19.8 Å². The molecule has 0 saturated carbocycles. The molecule has 4 heteroatoms. The molecule has 98 valence electrons. The molecule has 0 aliphatic rings. The molecular weight excluding hydrogens is 247 g/mol. The van der Waals surface area contributed by atoms with E-state index in [1.807, 2.05) is 0 Å². The molecule has 0 unspecified atom stereocenters. The van der Waals surface area contributed by atoms with Crippen molar-refractivity contribution >= 4 is 5.97 Å². The van der Waals surface area contributed by atoms with Gasteiger partial charge in [0.25, 0.3) is 0 Å². The van der Waals surface area contributed by atoms with Crippen LogP contribution in [-0.2, 0) is 4.74 Å². The maximum absolute atomic E-state index is 13.9. The first kappa shape index (κ1) is 13.1. The molecule has 0 heterocycles. The van der Waals surface area contributed by atoms with E-state index in [4.69, 9.17) is 4.74 Å². The van der Waals surface area contributed by atoms with Crippen LogP contribution in [0.4, 0.5) is 4.39 Å². The van der Waals surface area contributed by atoms with Gasteiger partial charge in [-0.05, 0) is 24.3 Å². The van der Waals surface area contributed by atoms with E-state index in [-0.39, 0.29) is 0 Å². The van der Waals surface area contributed by atoms with Gasteiger partial charge in [-0.2, -0.15) is 0 Å². The van der Waals surface area contributed by atoms with E-state index in [9.17, 15) is 9.18 Å². The lowest BCUT2D eigenvalue weighted by Gasteiger charge is -2.10. The summed E-state index contributed by atoms with van der Waals surface area (Å²) in [5.74, 6) is -0.378. The van der Waals surface area contributed by atoms with Crippen LogP contribution in [0.2, 0.25) is 0 Å². The summed E-state index contributed by atoms with van der Waals surface area (Å²) in [5.41, 5.74) is 1.19. The third kappa shape index (κ3) is 2.57. The quantitative estimate of drug-likeness (QED) is 0.794. The van der Waals surface area contributed by atoms with Crippen molar-refractivity contribution in [1.82, 2.24) is 0 Å². The zero-order valence-electron chi connectivity index (χ0n) is 10.6. The number of para-hydroxylation sites is 1. The normalized spacial score (nSPS) is 10.1. The molecule has 3 nitrogen and oxygen atoms in total. The number of hydrogen-bond donors (Lipinski definition) is 0. The Balaban J connectivity index is 2.58. The molecule has 0 spiro atoms. The van der Waals surface area contributed by atoms with E-state index in [1.54, 1.807) is 24.3 Å². The third-order valence-electron chi connectivity index (χ3n) is 2.78. The van der Waals surface area contributed by atoms with Gasteiger partial charge in [-0.3, -0.25) is 0 Å². The summed E-state index contributed by atoms with van der Waals surface area (Å²) in [5, 5.41) is 0. The highest BCUT2D eigenvalue weighted by Crippen LogP contribution is 2.32.